The molecule has 0 saturated carbocycles. The van der Waals surface area contributed by atoms with E-state index in [2.05, 4.69) is 6.92 Å². The van der Waals surface area contributed by atoms with Crippen LogP contribution >= 0.6 is 0 Å². The third-order valence-corrected chi connectivity index (χ3v) is 1.75. The Morgan fingerprint density at radius 1 is 1.75 bits per heavy atom. The molecule has 1 atom stereocenters. The lowest BCUT2D eigenvalue weighted by molar-refractivity contribution is -0.109. The van der Waals surface area contributed by atoms with E-state index in [4.69, 9.17) is 4.74 Å². The van der Waals surface area contributed by atoms with E-state index in [0.29, 0.717) is 0 Å². The Morgan fingerprint density at radius 2 is 2.58 bits per heavy atom. The van der Waals surface area contributed by atoms with Crippen molar-refractivity contribution in [2.24, 2.45) is 5.92 Å². The van der Waals surface area contributed by atoms with Crippen LogP contribution in [0.25, 0.3) is 0 Å². The molecule has 0 heterocycles. The fourth-order valence-corrected chi connectivity index (χ4v) is 1.05. The Kier molecular flexibility index (Phi) is 3.58. The van der Waals surface area contributed by atoms with Crippen molar-refractivity contribution in [3.8, 4) is 0 Å². The molecular formula is C10H14O2. The van der Waals surface area contributed by atoms with Gasteiger partial charge in [-0.05, 0) is 25.0 Å². The van der Waals surface area contributed by atoms with Gasteiger partial charge in [-0.2, -0.15) is 0 Å². The Morgan fingerprint density at radius 3 is 3.08 bits per heavy atom. The molecule has 66 valence electrons. The fourth-order valence-electron chi connectivity index (χ4n) is 1.05. The molecule has 0 amide bonds. The highest BCUT2D eigenvalue weighted by molar-refractivity contribution is 5.58. The maximum absolute atomic E-state index is 10.4. The fraction of sp³-hybridized carbons (Fsp3) is 0.500. The number of hydrogen-bond acceptors (Lipinski definition) is 2. The van der Waals surface area contributed by atoms with E-state index in [1.807, 2.05) is 18.2 Å². The van der Waals surface area contributed by atoms with Gasteiger partial charge in [0.25, 0.3) is 0 Å². The van der Waals surface area contributed by atoms with Gasteiger partial charge in [-0.3, -0.25) is 0 Å². The van der Waals surface area contributed by atoms with E-state index < -0.39 is 0 Å². The minimum atomic E-state index is 0.0546. The topological polar surface area (TPSA) is 26.3 Å². The van der Waals surface area contributed by atoms with Crippen LogP contribution in [0.5, 0.6) is 0 Å². The second-order valence-electron chi connectivity index (χ2n) is 2.85. The minimum Gasteiger partial charge on any atom is -0.494 e. The highest BCUT2D eigenvalue weighted by Gasteiger charge is 2.06. The highest BCUT2D eigenvalue weighted by Crippen LogP contribution is 2.15. The molecular weight excluding hydrogens is 152 g/mol. The Balaban J connectivity index is 2.35. The molecule has 2 nitrogen and oxygen atoms in total. The van der Waals surface area contributed by atoms with E-state index >= 15 is 0 Å². The van der Waals surface area contributed by atoms with Crippen molar-refractivity contribution in [2.75, 3.05) is 6.61 Å². The van der Waals surface area contributed by atoms with Crippen LogP contribution in [0.1, 0.15) is 19.8 Å². The summed E-state index contributed by atoms with van der Waals surface area (Å²) in [6.07, 6.45) is 8.48. The monoisotopic (exact) mass is 166 g/mol. The van der Waals surface area contributed by atoms with Crippen molar-refractivity contribution in [2.45, 2.75) is 19.8 Å². The first-order valence-electron chi connectivity index (χ1n) is 4.33. The molecule has 0 spiro atoms. The van der Waals surface area contributed by atoms with E-state index in [9.17, 15) is 4.79 Å². The standard InChI is InChI=1S/C10H14O2/c1-2-7-12-10-5-3-9(8-11)4-6-10/h3,5-6,8-9H,2,4,7H2,1H3. The van der Waals surface area contributed by atoms with Crippen molar-refractivity contribution in [3.63, 3.8) is 0 Å². The van der Waals surface area contributed by atoms with Crippen molar-refractivity contribution in [1.29, 1.82) is 0 Å². The lowest BCUT2D eigenvalue weighted by Crippen LogP contribution is -2.02. The normalized spacial score (nSPS) is 21.8. The van der Waals surface area contributed by atoms with Crippen molar-refractivity contribution >= 4 is 6.29 Å². The number of rotatable bonds is 4. The summed E-state index contributed by atoms with van der Waals surface area (Å²) in [5.41, 5.74) is 0. The molecule has 0 fully saturated rings. The number of allylic oxidation sites excluding steroid dienone is 3. The van der Waals surface area contributed by atoms with Crippen molar-refractivity contribution in [1.82, 2.24) is 0 Å². The molecule has 0 aromatic carbocycles. The summed E-state index contributed by atoms with van der Waals surface area (Å²) >= 11 is 0. The predicted molar refractivity (Wildman–Crippen MR) is 47.6 cm³/mol. The number of hydrogen-bond donors (Lipinski definition) is 0. The molecule has 0 radical (unpaired) electrons. The average Bonchev–Trinajstić information content (AvgIpc) is 2.15. The van der Waals surface area contributed by atoms with Gasteiger partial charge in [0.15, 0.2) is 0 Å². The van der Waals surface area contributed by atoms with Gasteiger partial charge < -0.3 is 9.53 Å². The molecule has 1 aliphatic carbocycles. The largest absolute Gasteiger partial charge is 0.494 e. The summed E-state index contributed by atoms with van der Waals surface area (Å²) < 4.78 is 5.38. The van der Waals surface area contributed by atoms with Crippen LogP contribution < -0.4 is 0 Å². The molecule has 0 aliphatic heterocycles. The molecule has 1 rings (SSSR count). The highest BCUT2D eigenvalue weighted by atomic mass is 16.5. The quantitative estimate of drug-likeness (QED) is 0.597. The summed E-state index contributed by atoms with van der Waals surface area (Å²) in [5.74, 6) is 0.953. The van der Waals surface area contributed by atoms with Crippen LogP contribution in [0.3, 0.4) is 0 Å². The van der Waals surface area contributed by atoms with Gasteiger partial charge >= 0.3 is 0 Å². The van der Waals surface area contributed by atoms with Crippen molar-refractivity contribution in [3.05, 3.63) is 24.0 Å². The van der Waals surface area contributed by atoms with Crippen LogP contribution in [-0.4, -0.2) is 12.9 Å². The van der Waals surface area contributed by atoms with Crippen LogP contribution in [0.15, 0.2) is 24.0 Å². The second kappa shape index (κ2) is 4.75. The van der Waals surface area contributed by atoms with E-state index in [1.54, 1.807) is 0 Å². The van der Waals surface area contributed by atoms with Crippen LogP contribution in [-0.2, 0) is 9.53 Å². The number of aldehydes is 1. The Labute approximate surface area is 72.9 Å². The van der Waals surface area contributed by atoms with Crippen LogP contribution in [0.2, 0.25) is 0 Å². The summed E-state index contributed by atoms with van der Waals surface area (Å²) in [5, 5.41) is 0. The van der Waals surface area contributed by atoms with Crippen LogP contribution in [0, 0.1) is 5.92 Å². The average molecular weight is 166 g/mol. The third kappa shape index (κ3) is 2.53. The third-order valence-electron chi connectivity index (χ3n) is 1.75. The molecule has 2 heteroatoms. The molecule has 1 unspecified atom stereocenters. The van der Waals surface area contributed by atoms with E-state index in [-0.39, 0.29) is 5.92 Å². The summed E-state index contributed by atoms with van der Waals surface area (Å²) in [6, 6.07) is 0. The van der Waals surface area contributed by atoms with Gasteiger partial charge in [0.1, 0.15) is 12.0 Å². The van der Waals surface area contributed by atoms with Gasteiger partial charge in [0, 0.05) is 5.92 Å². The zero-order chi connectivity index (χ0) is 8.81. The van der Waals surface area contributed by atoms with Gasteiger partial charge in [-0.25, -0.2) is 0 Å². The van der Waals surface area contributed by atoms with Crippen molar-refractivity contribution < 1.29 is 9.53 Å². The smallest absolute Gasteiger partial charge is 0.127 e. The zero-order valence-electron chi connectivity index (χ0n) is 7.32. The van der Waals surface area contributed by atoms with Gasteiger partial charge in [-0.1, -0.05) is 13.0 Å². The van der Waals surface area contributed by atoms with E-state index in [0.717, 1.165) is 31.5 Å². The van der Waals surface area contributed by atoms with E-state index in [1.165, 1.54) is 0 Å². The molecule has 0 bridgehead atoms. The number of carbonyl (C=O) groups excluding carboxylic acids is 1. The first-order valence-corrected chi connectivity index (χ1v) is 4.33. The lowest BCUT2D eigenvalue weighted by Gasteiger charge is -2.11. The van der Waals surface area contributed by atoms with Gasteiger partial charge in [0.05, 0.1) is 6.61 Å². The molecule has 1 aliphatic rings. The molecule has 0 aromatic heterocycles. The van der Waals surface area contributed by atoms with Gasteiger partial charge in [-0.15, -0.1) is 0 Å². The summed E-state index contributed by atoms with van der Waals surface area (Å²) in [4.78, 5) is 10.4. The Bertz CT molecular complexity index is 204. The molecule has 0 saturated heterocycles. The Hall–Kier alpha value is -1.05. The first kappa shape index (κ1) is 9.04. The summed E-state index contributed by atoms with van der Waals surface area (Å²) in [6.45, 7) is 2.82. The zero-order valence-corrected chi connectivity index (χ0v) is 7.32. The van der Waals surface area contributed by atoms with Crippen LogP contribution in [0.4, 0.5) is 0 Å². The molecule has 12 heavy (non-hydrogen) atoms. The number of carbonyl (C=O) groups is 1. The predicted octanol–water partition coefficient (Wildman–Crippen LogP) is 2.07. The van der Waals surface area contributed by atoms with Gasteiger partial charge in [0.2, 0.25) is 0 Å². The molecule has 0 aromatic rings. The maximum atomic E-state index is 10.4. The summed E-state index contributed by atoms with van der Waals surface area (Å²) in [7, 11) is 0. The lowest BCUT2D eigenvalue weighted by atomic mass is 10.0. The molecule has 0 N–H and O–H groups in total. The minimum absolute atomic E-state index is 0.0546. The maximum Gasteiger partial charge on any atom is 0.127 e. The second-order valence-corrected chi connectivity index (χ2v) is 2.85. The number of ether oxygens (including phenoxy) is 1. The first-order chi connectivity index (χ1) is 5.86. The SMILES string of the molecule is CCCOC1=CCC(C=O)C=C1.